The van der Waals surface area contributed by atoms with Gasteiger partial charge in [0.25, 0.3) is 0 Å². The summed E-state index contributed by atoms with van der Waals surface area (Å²) >= 11 is 0. The van der Waals surface area contributed by atoms with E-state index in [4.69, 9.17) is 13.9 Å². The van der Waals surface area contributed by atoms with Gasteiger partial charge >= 0.3 is 6.09 Å². The minimum atomic E-state index is -0.236. The van der Waals surface area contributed by atoms with Crippen LogP contribution in [0.3, 0.4) is 0 Å². The number of ether oxygens (including phenoxy) is 2. The summed E-state index contributed by atoms with van der Waals surface area (Å²) in [6.07, 6.45) is 3.79. The Bertz CT molecular complexity index is 1520. The Balaban J connectivity index is 1.12. The van der Waals surface area contributed by atoms with Crippen molar-refractivity contribution in [2.24, 2.45) is 0 Å². The number of benzene rings is 3. The van der Waals surface area contributed by atoms with Crippen molar-refractivity contribution in [1.29, 1.82) is 0 Å². The molecule has 0 N–H and O–H groups in total. The van der Waals surface area contributed by atoms with Gasteiger partial charge in [0.05, 0.1) is 18.5 Å². The van der Waals surface area contributed by atoms with Crippen molar-refractivity contribution < 1.29 is 18.7 Å². The van der Waals surface area contributed by atoms with Crippen LogP contribution in [-0.4, -0.2) is 43.8 Å². The molecule has 1 aromatic heterocycles. The maximum Gasteiger partial charge on any atom is 0.414 e. The monoisotopic (exact) mass is 481 g/mol. The van der Waals surface area contributed by atoms with Gasteiger partial charge in [-0.1, -0.05) is 36.4 Å². The molecule has 3 aliphatic rings. The number of fused-ring (bicyclic) bond motifs is 4. The number of nitrogens with zero attached hydrogens (tertiary/aromatic N) is 3. The van der Waals surface area contributed by atoms with Gasteiger partial charge in [-0.2, -0.15) is 0 Å². The predicted octanol–water partition coefficient (Wildman–Crippen LogP) is 5.88. The van der Waals surface area contributed by atoms with Gasteiger partial charge < -0.3 is 23.7 Å². The Hall–Kier alpha value is -4.13. The van der Waals surface area contributed by atoms with Crippen molar-refractivity contribution in [3.05, 3.63) is 78.1 Å². The second-order valence-electron chi connectivity index (χ2n) is 9.56. The normalized spacial score (nSPS) is 18.2. The van der Waals surface area contributed by atoms with Crippen molar-refractivity contribution in [2.45, 2.75) is 25.5 Å². The molecule has 0 radical (unpaired) electrons. The molecule has 7 rings (SSSR count). The third-order valence-corrected chi connectivity index (χ3v) is 7.65. The summed E-state index contributed by atoms with van der Waals surface area (Å²) in [5, 5.41) is 2.16. The van der Waals surface area contributed by atoms with E-state index < -0.39 is 0 Å². The Morgan fingerprint density at radius 2 is 1.72 bits per heavy atom. The Morgan fingerprint density at radius 3 is 2.53 bits per heavy atom. The van der Waals surface area contributed by atoms with Crippen LogP contribution in [0.25, 0.3) is 21.9 Å². The van der Waals surface area contributed by atoms with Gasteiger partial charge in [-0.25, -0.2) is 4.79 Å². The van der Waals surface area contributed by atoms with Crippen LogP contribution in [0.15, 0.2) is 77.0 Å². The van der Waals surface area contributed by atoms with Crippen LogP contribution in [0.5, 0.6) is 5.75 Å². The van der Waals surface area contributed by atoms with Gasteiger partial charge in [0.2, 0.25) is 0 Å². The van der Waals surface area contributed by atoms with E-state index in [1.54, 1.807) is 7.11 Å². The number of anilines is 2. The van der Waals surface area contributed by atoms with E-state index >= 15 is 0 Å². The average molecular weight is 482 g/mol. The molecule has 0 atom stereocenters. The van der Waals surface area contributed by atoms with Crippen LogP contribution in [-0.2, 0) is 11.3 Å². The summed E-state index contributed by atoms with van der Waals surface area (Å²) in [4.78, 5) is 19.2. The van der Waals surface area contributed by atoms with Crippen molar-refractivity contribution in [3.8, 4) is 5.75 Å². The van der Waals surface area contributed by atoms with Crippen molar-refractivity contribution in [1.82, 2.24) is 4.90 Å². The lowest BCUT2D eigenvalue weighted by atomic mass is 10.00. The first-order chi connectivity index (χ1) is 17.7. The van der Waals surface area contributed by atoms with Crippen LogP contribution in [0.2, 0.25) is 0 Å². The van der Waals surface area contributed by atoms with Crippen LogP contribution in [0.4, 0.5) is 16.2 Å². The standard InChI is InChI=1S/C29H27N3O4/c1-34-27-16-22-21-7-3-5-9-25(21)36-26(22)17-24(27)31-15-12-28(31)30-13-10-20(11-14-30)32-23-8-4-2-6-19(23)18-35-29(32)33/h2-9,12,16-17,20H,10-11,13-15,18H2,1H3. The molecular formula is C29H27N3O4. The second-order valence-corrected chi connectivity index (χ2v) is 9.56. The number of furan rings is 1. The third kappa shape index (κ3) is 3.22. The largest absolute Gasteiger partial charge is 0.495 e. The number of rotatable bonds is 4. The number of hydrogen-bond donors (Lipinski definition) is 0. The molecule has 1 amide bonds. The number of carbonyl (C=O) groups is 1. The summed E-state index contributed by atoms with van der Waals surface area (Å²) in [6, 6.07) is 20.4. The zero-order valence-electron chi connectivity index (χ0n) is 20.1. The fourth-order valence-corrected chi connectivity index (χ4v) is 5.78. The number of cyclic esters (lactones) is 1. The molecule has 182 valence electrons. The molecular weight excluding hydrogens is 454 g/mol. The second kappa shape index (κ2) is 8.22. The number of methoxy groups -OCH3 is 1. The van der Waals surface area contributed by atoms with Gasteiger partial charge in [0.15, 0.2) is 0 Å². The number of amides is 1. The van der Waals surface area contributed by atoms with E-state index in [0.29, 0.717) is 6.61 Å². The van der Waals surface area contributed by atoms with E-state index in [1.807, 2.05) is 47.4 Å². The Kier molecular flexibility index (Phi) is 4.84. The fraction of sp³-hybridized carbons (Fsp3) is 0.276. The lowest BCUT2D eigenvalue weighted by molar-refractivity contribution is 0.134. The van der Waals surface area contributed by atoms with Gasteiger partial charge in [-0.05, 0) is 37.1 Å². The number of piperidine rings is 1. The Morgan fingerprint density at radius 1 is 0.917 bits per heavy atom. The topological polar surface area (TPSA) is 58.4 Å². The summed E-state index contributed by atoms with van der Waals surface area (Å²) in [5.41, 5.74) is 4.81. The summed E-state index contributed by atoms with van der Waals surface area (Å²) < 4.78 is 17.4. The number of likely N-dealkylation sites (tertiary alicyclic amines) is 1. The van der Waals surface area contributed by atoms with Gasteiger partial charge in [-0.3, -0.25) is 4.90 Å². The lowest BCUT2D eigenvalue weighted by Crippen LogP contribution is -2.52. The van der Waals surface area contributed by atoms with Crippen LogP contribution in [0.1, 0.15) is 18.4 Å². The molecule has 0 bridgehead atoms. The molecule has 0 spiro atoms. The molecule has 36 heavy (non-hydrogen) atoms. The molecule has 0 saturated carbocycles. The molecule has 0 aliphatic carbocycles. The molecule has 3 aromatic carbocycles. The predicted molar refractivity (Wildman–Crippen MR) is 139 cm³/mol. The van der Waals surface area contributed by atoms with E-state index in [0.717, 1.165) is 77.1 Å². The molecule has 3 aliphatic heterocycles. The molecule has 4 aromatic rings. The summed E-state index contributed by atoms with van der Waals surface area (Å²) in [6.45, 7) is 2.91. The van der Waals surface area contributed by atoms with Crippen molar-refractivity contribution >= 4 is 39.4 Å². The van der Waals surface area contributed by atoms with Crippen molar-refractivity contribution in [2.75, 3.05) is 36.5 Å². The SMILES string of the molecule is COc1cc2c(cc1N1CC=C1N1CCC(N3C(=O)OCc4ccccc43)CC1)oc1ccccc12. The maximum atomic E-state index is 12.7. The quantitative estimate of drug-likeness (QED) is 0.363. The van der Waals surface area contributed by atoms with Gasteiger partial charge in [-0.15, -0.1) is 0 Å². The molecule has 7 heteroatoms. The van der Waals surface area contributed by atoms with Gasteiger partial charge in [0.1, 0.15) is 29.3 Å². The highest BCUT2D eigenvalue weighted by atomic mass is 16.6. The molecule has 0 unspecified atom stereocenters. The summed E-state index contributed by atoms with van der Waals surface area (Å²) in [7, 11) is 1.72. The average Bonchev–Trinajstić information content (AvgIpc) is 3.25. The Labute approximate surface area is 209 Å². The lowest BCUT2D eigenvalue weighted by Gasteiger charge is -2.46. The number of hydrogen-bond acceptors (Lipinski definition) is 6. The third-order valence-electron chi connectivity index (χ3n) is 7.65. The molecule has 4 heterocycles. The zero-order valence-corrected chi connectivity index (χ0v) is 20.1. The number of carbonyl (C=O) groups excluding carboxylic acids is 1. The molecule has 7 nitrogen and oxygen atoms in total. The first-order valence-electron chi connectivity index (χ1n) is 12.5. The van der Waals surface area contributed by atoms with E-state index in [2.05, 4.69) is 34.1 Å². The smallest absolute Gasteiger partial charge is 0.414 e. The first kappa shape index (κ1) is 21.2. The summed E-state index contributed by atoms with van der Waals surface area (Å²) in [5.74, 6) is 2.02. The highest BCUT2D eigenvalue weighted by molar-refractivity contribution is 6.06. The van der Waals surface area contributed by atoms with E-state index in [-0.39, 0.29) is 12.1 Å². The highest BCUT2D eigenvalue weighted by Crippen LogP contribution is 2.42. The minimum absolute atomic E-state index is 0.130. The maximum absolute atomic E-state index is 12.7. The molecule has 1 saturated heterocycles. The van der Waals surface area contributed by atoms with Crippen molar-refractivity contribution in [3.63, 3.8) is 0 Å². The number of para-hydroxylation sites is 2. The van der Waals surface area contributed by atoms with Crippen LogP contribution >= 0.6 is 0 Å². The zero-order chi connectivity index (χ0) is 24.2. The van der Waals surface area contributed by atoms with E-state index in [1.165, 1.54) is 5.82 Å². The van der Waals surface area contributed by atoms with E-state index in [9.17, 15) is 4.79 Å². The first-order valence-corrected chi connectivity index (χ1v) is 12.5. The highest BCUT2D eigenvalue weighted by Gasteiger charge is 2.36. The fourth-order valence-electron chi connectivity index (χ4n) is 5.78. The van der Waals surface area contributed by atoms with Crippen LogP contribution in [0, 0.1) is 0 Å². The molecule has 1 fully saturated rings. The van der Waals surface area contributed by atoms with Crippen LogP contribution < -0.4 is 14.5 Å². The minimum Gasteiger partial charge on any atom is -0.495 e. The van der Waals surface area contributed by atoms with Gasteiger partial charge in [0, 0.05) is 48.1 Å².